The number of rotatable bonds is 26. The standard InChI is InChI=1S/C49H88O2/c1-7-8-9-10-11-12-13-14-15-16-17-18-19-20-21-22-23-24-25-29-47(50)51-42-34-36-48(5)41(38-42)30-31-43-45-33-32-44(40(4)28-26-27-39(2)3)49(45,6)37-35-46(43)48/h30,39-40,42-46H,7-29,31-38H2,1-6H3/t40-,42+,43?,44-,45+,46+,48+,49-/m1/s1. The summed E-state index contributed by atoms with van der Waals surface area (Å²) < 4.78 is 6.15. The molecule has 0 aromatic rings. The maximum atomic E-state index is 12.9. The highest BCUT2D eigenvalue weighted by molar-refractivity contribution is 5.69. The Bertz CT molecular complexity index is 996. The Morgan fingerprint density at radius 2 is 1.25 bits per heavy atom. The maximum absolute atomic E-state index is 12.9. The fraction of sp³-hybridized carbons (Fsp3) is 0.939. The zero-order chi connectivity index (χ0) is 36.5. The molecule has 0 spiro atoms. The van der Waals surface area contributed by atoms with Crippen molar-refractivity contribution in [2.24, 2.45) is 46.3 Å². The molecule has 0 aromatic heterocycles. The molecule has 2 heteroatoms. The largest absolute Gasteiger partial charge is 0.462 e. The third-order valence-corrected chi connectivity index (χ3v) is 15.5. The lowest BCUT2D eigenvalue weighted by molar-refractivity contribution is -0.151. The SMILES string of the molecule is CCCCCCCCCCCCCCCCCCCCCC(=O)O[C@H]1CC[C@@]2(C)C(=CCC3[C@@H]4CC[C@H]([C@H](C)CCCC(C)C)[C@@]4(C)CC[C@@H]32)C1. The molecule has 0 radical (unpaired) electrons. The van der Waals surface area contributed by atoms with E-state index in [9.17, 15) is 4.79 Å². The number of unbranched alkanes of at least 4 members (excludes halogenated alkanes) is 18. The van der Waals surface area contributed by atoms with Gasteiger partial charge in [0.05, 0.1) is 0 Å². The molecule has 2 nitrogen and oxygen atoms in total. The van der Waals surface area contributed by atoms with Crippen molar-refractivity contribution in [1.29, 1.82) is 0 Å². The second kappa shape index (κ2) is 22.6. The molecule has 0 amide bonds. The molecule has 3 saturated carbocycles. The second-order valence-corrected chi connectivity index (χ2v) is 19.8. The van der Waals surface area contributed by atoms with Crippen molar-refractivity contribution in [3.05, 3.63) is 11.6 Å². The van der Waals surface area contributed by atoms with Gasteiger partial charge in [-0.05, 0) is 97.7 Å². The molecule has 0 heterocycles. The summed E-state index contributed by atoms with van der Waals surface area (Å²) in [5.41, 5.74) is 2.54. The topological polar surface area (TPSA) is 26.3 Å². The summed E-state index contributed by atoms with van der Waals surface area (Å²) in [4.78, 5) is 12.9. The van der Waals surface area contributed by atoms with Crippen molar-refractivity contribution in [2.75, 3.05) is 0 Å². The number of carbonyl (C=O) groups excluding carboxylic acids is 1. The van der Waals surface area contributed by atoms with Gasteiger partial charge in [-0.15, -0.1) is 0 Å². The van der Waals surface area contributed by atoms with Crippen LogP contribution in [0.5, 0.6) is 0 Å². The second-order valence-electron chi connectivity index (χ2n) is 19.8. The number of hydrogen-bond acceptors (Lipinski definition) is 2. The number of carbonyl (C=O) groups is 1. The Morgan fingerprint density at radius 1 is 0.686 bits per heavy atom. The summed E-state index contributed by atoms with van der Waals surface area (Å²) in [5.74, 6) is 5.34. The molecular formula is C49H88O2. The van der Waals surface area contributed by atoms with E-state index in [4.69, 9.17) is 4.74 Å². The molecule has 0 bridgehead atoms. The van der Waals surface area contributed by atoms with Crippen molar-refractivity contribution < 1.29 is 9.53 Å². The van der Waals surface area contributed by atoms with Crippen LogP contribution in [-0.4, -0.2) is 12.1 Å². The van der Waals surface area contributed by atoms with Gasteiger partial charge in [0.25, 0.3) is 0 Å². The number of fused-ring (bicyclic) bond motifs is 5. The molecule has 0 aliphatic heterocycles. The first kappa shape index (κ1) is 42.9. The predicted octanol–water partition coefficient (Wildman–Crippen LogP) is 15.8. The van der Waals surface area contributed by atoms with Gasteiger partial charge in [-0.25, -0.2) is 0 Å². The summed E-state index contributed by atoms with van der Waals surface area (Å²) in [6.07, 6.45) is 44.3. The minimum atomic E-state index is 0.0674. The average Bonchev–Trinajstić information content (AvgIpc) is 3.46. The molecule has 3 fully saturated rings. The molecule has 0 N–H and O–H groups in total. The molecule has 4 aliphatic carbocycles. The fourth-order valence-electron chi connectivity index (χ4n) is 12.3. The molecule has 0 saturated heterocycles. The lowest BCUT2D eigenvalue weighted by Crippen LogP contribution is -2.51. The highest BCUT2D eigenvalue weighted by Gasteiger charge is 2.59. The summed E-state index contributed by atoms with van der Waals surface area (Å²) in [7, 11) is 0. The van der Waals surface area contributed by atoms with Gasteiger partial charge in [-0.2, -0.15) is 0 Å². The molecule has 296 valence electrons. The van der Waals surface area contributed by atoms with E-state index >= 15 is 0 Å². The van der Waals surface area contributed by atoms with Crippen LogP contribution >= 0.6 is 0 Å². The average molecular weight is 709 g/mol. The van der Waals surface area contributed by atoms with Crippen LogP contribution in [0.4, 0.5) is 0 Å². The molecule has 51 heavy (non-hydrogen) atoms. The van der Waals surface area contributed by atoms with Crippen LogP contribution in [0.25, 0.3) is 0 Å². The van der Waals surface area contributed by atoms with E-state index in [0.717, 1.165) is 54.8 Å². The highest BCUT2D eigenvalue weighted by atomic mass is 16.5. The van der Waals surface area contributed by atoms with Gasteiger partial charge in [-0.3, -0.25) is 4.79 Å². The van der Waals surface area contributed by atoms with Crippen LogP contribution in [-0.2, 0) is 9.53 Å². The zero-order valence-electron chi connectivity index (χ0n) is 35.4. The van der Waals surface area contributed by atoms with Crippen molar-refractivity contribution in [3.63, 3.8) is 0 Å². The van der Waals surface area contributed by atoms with Crippen LogP contribution in [0.15, 0.2) is 11.6 Å². The van der Waals surface area contributed by atoms with Crippen LogP contribution in [0.3, 0.4) is 0 Å². The summed E-state index contributed by atoms with van der Waals surface area (Å²) in [5, 5.41) is 0. The molecule has 4 rings (SSSR count). The van der Waals surface area contributed by atoms with E-state index < -0.39 is 0 Å². The van der Waals surface area contributed by atoms with E-state index in [-0.39, 0.29) is 12.1 Å². The summed E-state index contributed by atoms with van der Waals surface area (Å²) >= 11 is 0. The number of allylic oxidation sites excluding steroid dienone is 1. The minimum absolute atomic E-state index is 0.0674. The van der Waals surface area contributed by atoms with Crippen LogP contribution in [0.2, 0.25) is 0 Å². The van der Waals surface area contributed by atoms with Crippen LogP contribution in [0, 0.1) is 46.3 Å². The number of ether oxygens (including phenoxy) is 1. The van der Waals surface area contributed by atoms with Crippen LogP contribution < -0.4 is 0 Å². The van der Waals surface area contributed by atoms with E-state index in [1.807, 2.05) is 0 Å². The van der Waals surface area contributed by atoms with Gasteiger partial charge >= 0.3 is 5.97 Å². The van der Waals surface area contributed by atoms with E-state index in [1.54, 1.807) is 5.57 Å². The first-order valence-electron chi connectivity index (χ1n) is 23.6. The monoisotopic (exact) mass is 709 g/mol. The third kappa shape index (κ3) is 12.9. The molecular weight excluding hydrogens is 621 g/mol. The zero-order valence-corrected chi connectivity index (χ0v) is 35.4. The van der Waals surface area contributed by atoms with E-state index in [2.05, 4.69) is 47.6 Å². The fourth-order valence-corrected chi connectivity index (χ4v) is 12.3. The smallest absolute Gasteiger partial charge is 0.306 e. The van der Waals surface area contributed by atoms with Gasteiger partial charge in [0, 0.05) is 12.8 Å². The predicted molar refractivity (Wildman–Crippen MR) is 221 cm³/mol. The van der Waals surface area contributed by atoms with Gasteiger partial charge in [0.2, 0.25) is 0 Å². The van der Waals surface area contributed by atoms with Gasteiger partial charge in [-0.1, -0.05) is 188 Å². The van der Waals surface area contributed by atoms with Crippen molar-refractivity contribution in [3.8, 4) is 0 Å². The Morgan fingerprint density at radius 3 is 1.82 bits per heavy atom. The normalized spacial score (nSPS) is 30.8. The Balaban J connectivity index is 1.03. The minimum Gasteiger partial charge on any atom is -0.462 e. The Hall–Kier alpha value is -0.790. The Kier molecular flexibility index (Phi) is 19.0. The quantitative estimate of drug-likeness (QED) is 0.0508. The maximum Gasteiger partial charge on any atom is 0.306 e. The van der Waals surface area contributed by atoms with Gasteiger partial charge in [0.15, 0.2) is 0 Å². The molecule has 1 unspecified atom stereocenters. The van der Waals surface area contributed by atoms with Crippen LogP contribution in [0.1, 0.15) is 241 Å². The Labute approximate surface area is 319 Å². The molecule has 8 atom stereocenters. The molecule has 0 aromatic carbocycles. The highest BCUT2D eigenvalue weighted by Crippen LogP contribution is 2.67. The molecule has 4 aliphatic rings. The van der Waals surface area contributed by atoms with E-state index in [1.165, 1.54) is 173 Å². The lowest BCUT2D eigenvalue weighted by atomic mass is 9.47. The van der Waals surface area contributed by atoms with Crippen molar-refractivity contribution in [1.82, 2.24) is 0 Å². The van der Waals surface area contributed by atoms with Gasteiger partial charge in [0.1, 0.15) is 6.10 Å². The van der Waals surface area contributed by atoms with Gasteiger partial charge < -0.3 is 4.74 Å². The lowest BCUT2D eigenvalue weighted by Gasteiger charge is -2.58. The summed E-state index contributed by atoms with van der Waals surface area (Å²) in [6.45, 7) is 15.0. The van der Waals surface area contributed by atoms with E-state index in [0.29, 0.717) is 17.3 Å². The van der Waals surface area contributed by atoms with Crippen molar-refractivity contribution >= 4 is 5.97 Å². The number of hydrogen-bond donors (Lipinski definition) is 0. The summed E-state index contributed by atoms with van der Waals surface area (Å²) in [6, 6.07) is 0. The number of esters is 1. The first-order valence-corrected chi connectivity index (χ1v) is 23.6. The third-order valence-electron chi connectivity index (χ3n) is 15.5. The van der Waals surface area contributed by atoms with Crippen molar-refractivity contribution in [2.45, 2.75) is 247 Å². The first-order chi connectivity index (χ1) is 24.7.